The van der Waals surface area contributed by atoms with Gasteiger partial charge in [0.15, 0.2) is 11.5 Å². The lowest BCUT2D eigenvalue weighted by molar-refractivity contribution is 0.689. The van der Waals surface area contributed by atoms with Gasteiger partial charge in [0.2, 0.25) is 0 Å². The van der Waals surface area contributed by atoms with Crippen molar-refractivity contribution in [2.24, 2.45) is 7.05 Å². The molecule has 0 bridgehead atoms. The molecule has 108 valence electrons. The van der Waals surface area contributed by atoms with Gasteiger partial charge in [-0.05, 0) is 0 Å². The molecule has 3 rings (SSSR count). The molecular weight excluding hydrogens is 294 g/mol. The lowest BCUT2D eigenvalue weighted by Gasteiger charge is -2.07. The molecule has 0 amide bonds. The van der Waals surface area contributed by atoms with E-state index < -0.39 is 5.69 Å². The Morgan fingerprint density at radius 1 is 1.33 bits per heavy atom. The van der Waals surface area contributed by atoms with Gasteiger partial charge in [-0.2, -0.15) is 5.10 Å². The Bertz CT molecular complexity index is 870. The predicted molar refractivity (Wildman–Crippen MR) is 78.5 cm³/mol. The zero-order valence-electron chi connectivity index (χ0n) is 11.4. The minimum Gasteiger partial charge on any atom is -0.372 e. The van der Waals surface area contributed by atoms with E-state index >= 15 is 0 Å². The van der Waals surface area contributed by atoms with Crippen molar-refractivity contribution in [2.45, 2.75) is 6.54 Å². The first-order valence-corrected chi connectivity index (χ1v) is 6.54. The van der Waals surface area contributed by atoms with Crippen molar-refractivity contribution in [3.8, 4) is 0 Å². The van der Waals surface area contributed by atoms with Crippen LogP contribution in [0.1, 0.15) is 5.82 Å². The maximum Gasteiger partial charge on any atom is 0.348 e. The summed E-state index contributed by atoms with van der Waals surface area (Å²) in [5.41, 5.74) is 0.284. The van der Waals surface area contributed by atoms with Gasteiger partial charge >= 0.3 is 5.69 Å². The van der Waals surface area contributed by atoms with Crippen LogP contribution in [0.2, 0.25) is 5.02 Å². The largest absolute Gasteiger partial charge is 0.372 e. The maximum absolute atomic E-state index is 11.7. The lowest BCUT2D eigenvalue weighted by atomic mass is 10.3. The second kappa shape index (κ2) is 5.13. The Morgan fingerprint density at radius 3 is 2.90 bits per heavy atom. The van der Waals surface area contributed by atoms with Crippen LogP contribution >= 0.6 is 11.6 Å². The minimum absolute atomic E-state index is 0.183. The highest BCUT2D eigenvalue weighted by molar-refractivity contribution is 6.30. The van der Waals surface area contributed by atoms with Crippen LogP contribution in [-0.2, 0) is 13.6 Å². The molecule has 0 aliphatic heterocycles. The van der Waals surface area contributed by atoms with Crippen molar-refractivity contribution in [3.05, 3.63) is 39.9 Å². The molecular formula is C12H12ClN7O. The van der Waals surface area contributed by atoms with Crippen LogP contribution in [0, 0.1) is 0 Å². The SMILES string of the molecule is CNc1nc(Cn2cc(Cl)cnc2=O)nc2c1cnn2C. The number of rotatable bonds is 3. The number of fused-ring (bicyclic) bond motifs is 1. The molecule has 0 saturated carbocycles. The predicted octanol–water partition coefficient (Wildman–Crippen LogP) is 0.663. The maximum atomic E-state index is 11.7. The van der Waals surface area contributed by atoms with Crippen LogP contribution in [-0.4, -0.2) is 36.3 Å². The quantitative estimate of drug-likeness (QED) is 0.764. The van der Waals surface area contributed by atoms with Gasteiger partial charge in [-0.3, -0.25) is 9.25 Å². The molecule has 0 aromatic carbocycles. The van der Waals surface area contributed by atoms with Gasteiger partial charge in [-0.25, -0.2) is 19.7 Å². The van der Waals surface area contributed by atoms with Gasteiger partial charge < -0.3 is 5.32 Å². The van der Waals surface area contributed by atoms with E-state index in [1.54, 1.807) is 25.0 Å². The normalized spacial score (nSPS) is 11.0. The zero-order chi connectivity index (χ0) is 15.0. The van der Waals surface area contributed by atoms with Gasteiger partial charge in [0.1, 0.15) is 5.82 Å². The third-order valence-electron chi connectivity index (χ3n) is 3.01. The molecule has 0 aliphatic carbocycles. The molecule has 0 saturated heterocycles. The Hall–Kier alpha value is -2.48. The van der Waals surface area contributed by atoms with Crippen LogP contribution in [0.15, 0.2) is 23.4 Å². The highest BCUT2D eigenvalue weighted by Crippen LogP contribution is 2.19. The molecule has 21 heavy (non-hydrogen) atoms. The van der Waals surface area contributed by atoms with Crippen molar-refractivity contribution in [1.82, 2.24) is 29.3 Å². The van der Waals surface area contributed by atoms with Crippen LogP contribution in [0.4, 0.5) is 5.82 Å². The monoisotopic (exact) mass is 305 g/mol. The third-order valence-corrected chi connectivity index (χ3v) is 3.21. The van der Waals surface area contributed by atoms with Crippen molar-refractivity contribution in [3.63, 3.8) is 0 Å². The van der Waals surface area contributed by atoms with E-state index in [4.69, 9.17) is 11.6 Å². The number of anilines is 1. The number of halogens is 1. The standard InChI is InChI=1S/C12H12ClN7O/c1-14-10-8-4-16-19(2)11(8)18-9(17-10)6-20-5-7(13)3-15-12(20)21/h3-5H,6H2,1-2H3,(H,14,17,18). The smallest absolute Gasteiger partial charge is 0.348 e. The van der Waals surface area contributed by atoms with E-state index in [2.05, 4.69) is 25.4 Å². The molecule has 9 heteroatoms. The third kappa shape index (κ3) is 2.45. The topological polar surface area (TPSA) is 90.5 Å². The van der Waals surface area contributed by atoms with Crippen molar-refractivity contribution < 1.29 is 0 Å². The molecule has 3 heterocycles. The molecule has 0 fully saturated rings. The van der Waals surface area contributed by atoms with E-state index in [0.717, 1.165) is 5.39 Å². The fourth-order valence-electron chi connectivity index (χ4n) is 2.02. The minimum atomic E-state index is -0.404. The first-order valence-electron chi connectivity index (χ1n) is 6.17. The Morgan fingerprint density at radius 2 is 2.14 bits per heavy atom. The fourth-order valence-corrected chi connectivity index (χ4v) is 2.19. The van der Waals surface area contributed by atoms with Gasteiger partial charge in [0.05, 0.1) is 29.3 Å². The Balaban J connectivity index is 2.10. The average molecular weight is 306 g/mol. The van der Waals surface area contributed by atoms with E-state index in [1.165, 1.54) is 17.0 Å². The van der Waals surface area contributed by atoms with Crippen LogP contribution < -0.4 is 11.0 Å². The van der Waals surface area contributed by atoms with Gasteiger partial charge in [-0.1, -0.05) is 11.6 Å². The summed E-state index contributed by atoms with van der Waals surface area (Å²) in [5.74, 6) is 1.13. The summed E-state index contributed by atoms with van der Waals surface area (Å²) in [4.78, 5) is 24.2. The average Bonchev–Trinajstić information content (AvgIpc) is 2.84. The van der Waals surface area contributed by atoms with Crippen LogP contribution in [0.3, 0.4) is 0 Å². The van der Waals surface area contributed by atoms with Gasteiger partial charge in [-0.15, -0.1) is 0 Å². The molecule has 0 spiro atoms. The van der Waals surface area contributed by atoms with Crippen molar-refractivity contribution in [1.29, 1.82) is 0 Å². The van der Waals surface area contributed by atoms with Gasteiger partial charge in [0, 0.05) is 20.3 Å². The number of aromatic nitrogens is 6. The zero-order valence-corrected chi connectivity index (χ0v) is 12.2. The molecule has 0 radical (unpaired) electrons. The molecule has 0 aliphatic rings. The molecule has 8 nitrogen and oxygen atoms in total. The van der Waals surface area contributed by atoms with Crippen LogP contribution in [0.5, 0.6) is 0 Å². The second-order valence-electron chi connectivity index (χ2n) is 4.43. The summed E-state index contributed by atoms with van der Waals surface area (Å²) in [6.45, 7) is 0.183. The Labute approximate surface area is 124 Å². The number of nitrogens with one attached hydrogen (secondary N) is 1. The molecule has 0 unspecified atom stereocenters. The summed E-state index contributed by atoms with van der Waals surface area (Å²) in [5, 5.41) is 8.36. The number of aryl methyl sites for hydroxylation is 1. The molecule has 1 N–H and O–H groups in total. The summed E-state index contributed by atoms with van der Waals surface area (Å²) in [7, 11) is 3.57. The first kappa shape index (κ1) is 13.5. The second-order valence-corrected chi connectivity index (χ2v) is 4.86. The number of nitrogens with zero attached hydrogens (tertiary/aromatic N) is 6. The van der Waals surface area contributed by atoms with E-state index in [1.807, 2.05) is 0 Å². The number of hydrogen-bond acceptors (Lipinski definition) is 6. The van der Waals surface area contributed by atoms with E-state index in [-0.39, 0.29) is 6.54 Å². The summed E-state index contributed by atoms with van der Waals surface area (Å²) < 4.78 is 3.01. The van der Waals surface area contributed by atoms with Gasteiger partial charge in [0.25, 0.3) is 0 Å². The highest BCUT2D eigenvalue weighted by Gasteiger charge is 2.11. The van der Waals surface area contributed by atoms with E-state index in [0.29, 0.717) is 22.3 Å². The summed E-state index contributed by atoms with van der Waals surface area (Å²) in [6, 6.07) is 0. The molecule has 3 aromatic rings. The summed E-state index contributed by atoms with van der Waals surface area (Å²) >= 11 is 5.85. The van der Waals surface area contributed by atoms with E-state index in [9.17, 15) is 4.79 Å². The molecule has 3 aromatic heterocycles. The highest BCUT2D eigenvalue weighted by atomic mass is 35.5. The fraction of sp³-hybridized carbons (Fsp3) is 0.250. The Kier molecular flexibility index (Phi) is 3.30. The summed E-state index contributed by atoms with van der Waals surface area (Å²) in [6.07, 6.45) is 4.51. The van der Waals surface area contributed by atoms with Crippen LogP contribution in [0.25, 0.3) is 11.0 Å². The number of hydrogen-bond donors (Lipinski definition) is 1. The van der Waals surface area contributed by atoms with Crippen molar-refractivity contribution in [2.75, 3.05) is 12.4 Å². The first-order chi connectivity index (χ1) is 10.1. The lowest BCUT2D eigenvalue weighted by Crippen LogP contribution is -2.23. The van der Waals surface area contributed by atoms with Crippen molar-refractivity contribution >= 4 is 28.5 Å². The molecule has 0 atom stereocenters.